The Morgan fingerprint density at radius 2 is 1.75 bits per heavy atom. The standard InChI is InChI=1S/C27H32N6O3/c34-17-13-28-26(35)25-2-1-14-33(25)23-7-3-20(4-8-23)24-11-12-29-27(31-24)30-21-5-9-22(10-6-21)32-15-18-36-19-16-32/h3-12,25,34H,1-2,13-19H2,(H,28,35)(H,29,30,31)/t25-/m1/s1. The molecule has 0 unspecified atom stereocenters. The predicted molar refractivity (Wildman–Crippen MR) is 141 cm³/mol. The number of nitrogens with one attached hydrogen (secondary N) is 2. The van der Waals surface area contributed by atoms with E-state index in [0.717, 1.165) is 68.3 Å². The fourth-order valence-electron chi connectivity index (χ4n) is 4.75. The van der Waals surface area contributed by atoms with Crippen LogP contribution in [0.3, 0.4) is 0 Å². The highest BCUT2D eigenvalue weighted by molar-refractivity contribution is 5.86. The Morgan fingerprint density at radius 3 is 2.50 bits per heavy atom. The van der Waals surface area contributed by atoms with Gasteiger partial charge >= 0.3 is 0 Å². The SMILES string of the molecule is O=C(NCCO)[C@H]1CCCN1c1ccc(-c2ccnc(Nc3ccc(N4CCOCC4)cc3)n2)cc1. The number of hydrogen-bond acceptors (Lipinski definition) is 8. The first-order valence-electron chi connectivity index (χ1n) is 12.5. The summed E-state index contributed by atoms with van der Waals surface area (Å²) in [6, 6.07) is 18.1. The van der Waals surface area contributed by atoms with Gasteiger partial charge in [0.2, 0.25) is 11.9 Å². The van der Waals surface area contributed by atoms with E-state index in [4.69, 9.17) is 14.8 Å². The molecule has 36 heavy (non-hydrogen) atoms. The molecule has 188 valence electrons. The number of carbonyl (C=O) groups excluding carboxylic acids is 1. The number of aliphatic hydroxyl groups excluding tert-OH is 1. The van der Waals surface area contributed by atoms with E-state index in [9.17, 15) is 4.79 Å². The molecule has 3 N–H and O–H groups in total. The largest absolute Gasteiger partial charge is 0.395 e. The van der Waals surface area contributed by atoms with Gasteiger partial charge in [0.1, 0.15) is 6.04 Å². The minimum Gasteiger partial charge on any atom is -0.395 e. The number of aliphatic hydroxyl groups is 1. The molecule has 1 aromatic heterocycles. The Bertz CT molecular complexity index is 1150. The van der Waals surface area contributed by atoms with Crippen molar-refractivity contribution >= 4 is 28.9 Å². The molecule has 1 amide bonds. The van der Waals surface area contributed by atoms with Crippen LogP contribution in [0.25, 0.3) is 11.3 Å². The molecule has 2 saturated heterocycles. The molecule has 0 bridgehead atoms. The average molecular weight is 489 g/mol. The normalized spacial score (nSPS) is 17.8. The lowest BCUT2D eigenvalue weighted by molar-refractivity contribution is -0.122. The van der Waals surface area contributed by atoms with E-state index in [0.29, 0.717) is 5.95 Å². The summed E-state index contributed by atoms with van der Waals surface area (Å²) in [7, 11) is 0. The Kier molecular flexibility index (Phi) is 7.58. The summed E-state index contributed by atoms with van der Waals surface area (Å²) in [5.74, 6) is 0.506. The number of carbonyl (C=O) groups is 1. The van der Waals surface area contributed by atoms with E-state index < -0.39 is 0 Å². The van der Waals surface area contributed by atoms with Crippen molar-refractivity contribution < 1.29 is 14.6 Å². The molecule has 2 aliphatic heterocycles. The first-order chi connectivity index (χ1) is 17.7. The topological polar surface area (TPSA) is 103 Å². The van der Waals surface area contributed by atoms with Gasteiger partial charge in [0.15, 0.2) is 0 Å². The molecular formula is C27H32N6O3. The van der Waals surface area contributed by atoms with Crippen LogP contribution in [0.4, 0.5) is 23.0 Å². The van der Waals surface area contributed by atoms with Gasteiger partial charge in [-0.3, -0.25) is 4.79 Å². The second-order valence-corrected chi connectivity index (χ2v) is 8.95. The summed E-state index contributed by atoms with van der Waals surface area (Å²) in [5.41, 5.74) is 4.92. The Labute approximate surface area is 211 Å². The molecule has 1 atom stereocenters. The van der Waals surface area contributed by atoms with Crippen molar-refractivity contribution in [2.24, 2.45) is 0 Å². The van der Waals surface area contributed by atoms with Crippen LogP contribution in [0.1, 0.15) is 12.8 Å². The van der Waals surface area contributed by atoms with Crippen molar-refractivity contribution in [3.8, 4) is 11.3 Å². The maximum atomic E-state index is 12.5. The summed E-state index contributed by atoms with van der Waals surface area (Å²) in [6.07, 6.45) is 3.53. The van der Waals surface area contributed by atoms with Gasteiger partial charge in [-0.05, 0) is 55.3 Å². The van der Waals surface area contributed by atoms with E-state index in [1.165, 1.54) is 5.69 Å². The number of morpholine rings is 1. The lowest BCUT2D eigenvalue weighted by atomic mass is 10.1. The summed E-state index contributed by atoms with van der Waals surface area (Å²) in [6.45, 7) is 4.41. The lowest BCUT2D eigenvalue weighted by Crippen LogP contribution is -2.44. The zero-order valence-electron chi connectivity index (χ0n) is 20.3. The molecule has 0 spiro atoms. The van der Waals surface area contributed by atoms with Crippen LogP contribution in [0.2, 0.25) is 0 Å². The van der Waals surface area contributed by atoms with E-state index in [1.807, 2.05) is 42.5 Å². The van der Waals surface area contributed by atoms with Crippen molar-refractivity contribution in [2.45, 2.75) is 18.9 Å². The van der Waals surface area contributed by atoms with Gasteiger partial charge in [0.05, 0.1) is 25.5 Å². The summed E-state index contributed by atoms with van der Waals surface area (Å²) in [4.78, 5) is 26.0. The van der Waals surface area contributed by atoms with E-state index in [-0.39, 0.29) is 25.1 Å². The van der Waals surface area contributed by atoms with Crippen LogP contribution in [-0.2, 0) is 9.53 Å². The van der Waals surface area contributed by atoms with Crippen molar-refractivity contribution in [3.63, 3.8) is 0 Å². The molecule has 0 saturated carbocycles. The number of rotatable bonds is 8. The van der Waals surface area contributed by atoms with Gasteiger partial charge < -0.3 is 30.3 Å². The van der Waals surface area contributed by atoms with E-state index in [1.54, 1.807) is 6.20 Å². The van der Waals surface area contributed by atoms with Crippen LogP contribution >= 0.6 is 0 Å². The smallest absolute Gasteiger partial charge is 0.242 e. The Hall–Kier alpha value is -3.69. The first-order valence-corrected chi connectivity index (χ1v) is 12.5. The molecule has 3 aromatic rings. The molecule has 9 nitrogen and oxygen atoms in total. The van der Waals surface area contributed by atoms with Crippen LogP contribution in [0, 0.1) is 0 Å². The highest BCUT2D eigenvalue weighted by Gasteiger charge is 2.30. The molecule has 2 aliphatic rings. The summed E-state index contributed by atoms with van der Waals surface area (Å²) in [5, 5.41) is 15.1. The van der Waals surface area contributed by atoms with Gasteiger partial charge in [-0.25, -0.2) is 9.97 Å². The second kappa shape index (κ2) is 11.4. The van der Waals surface area contributed by atoms with Gasteiger partial charge in [-0.15, -0.1) is 0 Å². The number of ether oxygens (including phenoxy) is 1. The van der Waals surface area contributed by atoms with Crippen LogP contribution in [-0.4, -0.2) is 73.0 Å². The minimum atomic E-state index is -0.202. The summed E-state index contributed by atoms with van der Waals surface area (Å²) < 4.78 is 5.43. The molecule has 0 aliphatic carbocycles. The monoisotopic (exact) mass is 488 g/mol. The molecule has 0 radical (unpaired) electrons. The first kappa shape index (κ1) is 24.0. The number of aromatic nitrogens is 2. The predicted octanol–water partition coefficient (Wildman–Crippen LogP) is 2.80. The number of hydrogen-bond donors (Lipinski definition) is 3. The third-order valence-electron chi connectivity index (χ3n) is 6.62. The fraction of sp³-hybridized carbons (Fsp3) is 0.370. The van der Waals surface area contributed by atoms with E-state index >= 15 is 0 Å². The molecule has 5 rings (SSSR count). The Morgan fingerprint density at radius 1 is 1.00 bits per heavy atom. The molecule has 3 heterocycles. The molecule has 2 aromatic carbocycles. The highest BCUT2D eigenvalue weighted by Crippen LogP contribution is 2.29. The van der Waals surface area contributed by atoms with Crippen molar-refractivity contribution in [1.29, 1.82) is 0 Å². The van der Waals surface area contributed by atoms with Crippen LogP contribution in [0.15, 0.2) is 60.8 Å². The maximum Gasteiger partial charge on any atom is 0.242 e. The van der Waals surface area contributed by atoms with Crippen molar-refractivity contribution in [2.75, 3.05) is 61.1 Å². The zero-order chi connectivity index (χ0) is 24.7. The van der Waals surface area contributed by atoms with Crippen LogP contribution in [0.5, 0.6) is 0 Å². The van der Waals surface area contributed by atoms with Crippen LogP contribution < -0.4 is 20.4 Å². The number of benzene rings is 2. The fourth-order valence-corrected chi connectivity index (χ4v) is 4.75. The Balaban J connectivity index is 1.25. The average Bonchev–Trinajstić information content (AvgIpc) is 3.43. The minimum absolute atomic E-state index is 0.0323. The number of amides is 1. The quantitative estimate of drug-likeness (QED) is 0.445. The van der Waals surface area contributed by atoms with E-state index in [2.05, 4.69) is 37.6 Å². The van der Waals surface area contributed by atoms with Gasteiger partial charge in [-0.1, -0.05) is 12.1 Å². The van der Waals surface area contributed by atoms with Crippen molar-refractivity contribution in [1.82, 2.24) is 15.3 Å². The third kappa shape index (κ3) is 5.58. The highest BCUT2D eigenvalue weighted by atomic mass is 16.5. The molecule has 9 heteroatoms. The third-order valence-corrected chi connectivity index (χ3v) is 6.62. The van der Waals surface area contributed by atoms with Gasteiger partial charge in [-0.2, -0.15) is 0 Å². The summed E-state index contributed by atoms with van der Waals surface area (Å²) >= 11 is 0. The van der Waals surface area contributed by atoms with Gasteiger partial charge in [0.25, 0.3) is 0 Å². The molecule has 2 fully saturated rings. The second-order valence-electron chi connectivity index (χ2n) is 8.95. The molecular weight excluding hydrogens is 456 g/mol. The number of nitrogens with zero attached hydrogens (tertiary/aromatic N) is 4. The number of anilines is 4. The maximum absolute atomic E-state index is 12.5. The van der Waals surface area contributed by atoms with Gasteiger partial charge in [0, 0.05) is 55.0 Å². The lowest BCUT2D eigenvalue weighted by Gasteiger charge is -2.28. The zero-order valence-corrected chi connectivity index (χ0v) is 20.3. The van der Waals surface area contributed by atoms with Crippen molar-refractivity contribution in [3.05, 3.63) is 60.8 Å².